The van der Waals surface area contributed by atoms with Crippen molar-refractivity contribution < 1.29 is 0 Å². The van der Waals surface area contributed by atoms with Crippen LogP contribution in [0.5, 0.6) is 0 Å². The van der Waals surface area contributed by atoms with E-state index < -0.39 is 0 Å². The molecule has 42 valence electrons. The Hall–Kier alpha value is -0.0800. The number of nitrogens with one attached hydrogen (secondary N) is 1. The van der Waals surface area contributed by atoms with Gasteiger partial charge in [0.25, 0.3) is 0 Å². The van der Waals surface area contributed by atoms with Crippen LogP contribution < -0.4 is 11.3 Å². The fourth-order valence-electron chi connectivity index (χ4n) is 0.914. The average molecular weight is 100 g/mol. The molecule has 0 amide bonds. The summed E-state index contributed by atoms with van der Waals surface area (Å²) >= 11 is 0. The highest BCUT2D eigenvalue weighted by atomic mass is 15.2. The van der Waals surface area contributed by atoms with Crippen molar-refractivity contribution in [1.29, 1.82) is 0 Å². The summed E-state index contributed by atoms with van der Waals surface area (Å²) in [4.78, 5) is 0. The molecule has 0 aromatic heterocycles. The lowest BCUT2D eigenvalue weighted by atomic mass is 9.82. The summed E-state index contributed by atoms with van der Waals surface area (Å²) in [5.41, 5.74) is 2.75. The molecule has 1 fully saturated rings. The summed E-state index contributed by atoms with van der Waals surface area (Å²) in [5.74, 6) is 5.98. The van der Waals surface area contributed by atoms with Gasteiger partial charge in [-0.2, -0.15) is 0 Å². The minimum absolute atomic E-state index is 0.611. The molecular weight excluding hydrogens is 88.1 g/mol. The largest absolute Gasteiger partial charge is 0.271 e. The molecule has 0 aromatic rings. The summed E-state index contributed by atoms with van der Waals surface area (Å²) in [7, 11) is 0. The van der Waals surface area contributed by atoms with Crippen molar-refractivity contribution in [3.05, 3.63) is 0 Å². The number of nitrogens with two attached hydrogens (primary N) is 1. The number of rotatable bonds is 1. The Balaban J connectivity index is 2.16. The molecule has 2 heteroatoms. The highest BCUT2D eigenvalue weighted by Gasteiger charge is 2.24. The molecule has 1 aliphatic carbocycles. The molecule has 3 N–H and O–H groups in total. The van der Waals surface area contributed by atoms with Crippen LogP contribution in [0.15, 0.2) is 0 Å². The number of hydrogen-bond acceptors (Lipinski definition) is 2. The van der Waals surface area contributed by atoms with Crippen molar-refractivity contribution in [1.82, 2.24) is 5.43 Å². The van der Waals surface area contributed by atoms with Gasteiger partial charge in [-0.15, -0.1) is 0 Å². The minimum atomic E-state index is 0.611. The molecule has 0 bridgehead atoms. The van der Waals surface area contributed by atoms with Gasteiger partial charge in [0.2, 0.25) is 0 Å². The van der Waals surface area contributed by atoms with E-state index in [0.717, 1.165) is 5.92 Å². The maximum absolute atomic E-state index is 5.17. The third-order valence-electron chi connectivity index (χ3n) is 1.83. The van der Waals surface area contributed by atoms with E-state index in [2.05, 4.69) is 12.3 Å². The lowest BCUT2D eigenvalue weighted by Crippen LogP contribution is -2.46. The van der Waals surface area contributed by atoms with E-state index in [-0.39, 0.29) is 0 Å². The van der Waals surface area contributed by atoms with Gasteiger partial charge in [0.05, 0.1) is 0 Å². The third kappa shape index (κ3) is 0.763. The van der Waals surface area contributed by atoms with Crippen molar-refractivity contribution in [3.8, 4) is 0 Å². The molecule has 0 saturated heterocycles. The second-order valence-electron chi connectivity index (χ2n) is 2.33. The summed E-state index contributed by atoms with van der Waals surface area (Å²) in [6.45, 7) is 2.22. The van der Waals surface area contributed by atoms with Crippen LogP contribution in [0, 0.1) is 5.92 Å². The van der Waals surface area contributed by atoms with E-state index in [4.69, 9.17) is 5.84 Å². The average Bonchev–Trinajstić information content (AvgIpc) is 1.65. The first-order valence-electron chi connectivity index (χ1n) is 2.80. The zero-order chi connectivity index (χ0) is 5.28. The van der Waals surface area contributed by atoms with Gasteiger partial charge >= 0.3 is 0 Å². The topological polar surface area (TPSA) is 38.0 Å². The first kappa shape index (κ1) is 5.06. The molecule has 0 spiro atoms. The monoisotopic (exact) mass is 100 g/mol. The molecule has 1 aliphatic rings. The Morgan fingerprint density at radius 2 is 2.29 bits per heavy atom. The van der Waals surface area contributed by atoms with Gasteiger partial charge in [0, 0.05) is 6.04 Å². The summed E-state index contributed by atoms with van der Waals surface area (Å²) in [5, 5.41) is 0. The lowest BCUT2D eigenvalue weighted by Gasteiger charge is -2.32. The first-order chi connectivity index (χ1) is 3.34. The molecule has 0 radical (unpaired) electrons. The minimum Gasteiger partial charge on any atom is -0.271 e. The van der Waals surface area contributed by atoms with Gasteiger partial charge < -0.3 is 0 Å². The maximum Gasteiger partial charge on any atom is 0.0236 e. The molecule has 1 saturated carbocycles. The van der Waals surface area contributed by atoms with E-state index in [0.29, 0.717) is 6.04 Å². The fraction of sp³-hybridized carbons (Fsp3) is 1.00. The van der Waals surface area contributed by atoms with Crippen molar-refractivity contribution >= 4 is 0 Å². The second kappa shape index (κ2) is 1.80. The quantitative estimate of drug-likeness (QED) is 0.366. The Bertz CT molecular complexity index is 61.1. The van der Waals surface area contributed by atoms with Gasteiger partial charge in [-0.3, -0.25) is 11.3 Å². The summed E-state index contributed by atoms with van der Waals surface area (Å²) in [6, 6.07) is 0.611. The van der Waals surface area contributed by atoms with Crippen LogP contribution in [0.3, 0.4) is 0 Å². The molecule has 0 heterocycles. The van der Waals surface area contributed by atoms with Gasteiger partial charge in [0.1, 0.15) is 0 Å². The van der Waals surface area contributed by atoms with Crippen molar-refractivity contribution in [3.63, 3.8) is 0 Å². The van der Waals surface area contributed by atoms with Gasteiger partial charge in [-0.05, 0) is 18.8 Å². The predicted octanol–water partition coefficient (Wildman–Crippen LogP) is 0.248. The summed E-state index contributed by atoms with van der Waals surface area (Å²) in [6.07, 6.45) is 2.60. The van der Waals surface area contributed by atoms with Gasteiger partial charge in [-0.25, -0.2) is 0 Å². The lowest BCUT2D eigenvalue weighted by molar-refractivity contribution is 0.232. The first-order valence-corrected chi connectivity index (χ1v) is 2.80. The van der Waals surface area contributed by atoms with Crippen LogP contribution in [0.2, 0.25) is 0 Å². The maximum atomic E-state index is 5.17. The smallest absolute Gasteiger partial charge is 0.0236 e. The molecule has 0 aliphatic heterocycles. The van der Waals surface area contributed by atoms with Crippen LogP contribution in [0.4, 0.5) is 0 Å². The van der Waals surface area contributed by atoms with Crippen molar-refractivity contribution in [2.24, 2.45) is 11.8 Å². The molecule has 2 nitrogen and oxygen atoms in total. The highest BCUT2D eigenvalue weighted by molar-refractivity contribution is 4.81. The van der Waals surface area contributed by atoms with Crippen molar-refractivity contribution in [2.75, 3.05) is 0 Å². The Morgan fingerprint density at radius 1 is 1.57 bits per heavy atom. The molecule has 2 atom stereocenters. The van der Waals surface area contributed by atoms with E-state index in [1.807, 2.05) is 0 Å². The van der Waals surface area contributed by atoms with Crippen LogP contribution in [-0.2, 0) is 0 Å². The van der Waals surface area contributed by atoms with Crippen LogP contribution in [0.1, 0.15) is 19.8 Å². The normalized spacial score (nSPS) is 40.3. The molecule has 1 rings (SSSR count). The van der Waals surface area contributed by atoms with Crippen molar-refractivity contribution in [2.45, 2.75) is 25.8 Å². The SMILES string of the molecule is CC1CCC1NN. The zero-order valence-corrected chi connectivity index (χ0v) is 4.65. The Morgan fingerprint density at radius 3 is 2.29 bits per heavy atom. The van der Waals surface area contributed by atoms with Crippen LogP contribution in [0.25, 0.3) is 0 Å². The van der Waals surface area contributed by atoms with E-state index in [1.165, 1.54) is 12.8 Å². The van der Waals surface area contributed by atoms with Crippen LogP contribution in [-0.4, -0.2) is 6.04 Å². The standard InChI is InChI=1S/C5H12N2/c1-4-2-3-5(4)7-6/h4-5,7H,2-3,6H2,1H3. The molecule has 7 heavy (non-hydrogen) atoms. The third-order valence-corrected chi connectivity index (χ3v) is 1.83. The van der Waals surface area contributed by atoms with Gasteiger partial charge in [-0.1, -0.05) is 6.92 Å². The molecule has 0 aromatic carbocycles. The van der Waals surface area contributed by atoms with Crippen LogP contribution >= 0.6 is 0 Å². The highest BCUT2D eigenvalue weighted by Crippen LogP contribution is 2.25. The van der Waals surface area contributed by atoms with Gasteiger partial charge in [0.15, 0.2) is 0 Å². The molecule has 2 unspecified atom stereocenters. The molecular formula is C5H12N2. The second-order valence-corrected chi connectivity index (χ2v) is 2.33. The Kier molecular flexibility index (Phi) is 1.30. The zero-order valence-electron chi connectivity index (χ0n) is 4.65. The van der Waals surface area contributed by atoms with E-state index in [1.54, 1.807) is 0 Å². The van der Waals surface area contributed by atoms with E-state index in [9.17, 15) is 0 Å². The predicted molar refractivity (Wildman–Crippen MR) is 29.5 cm³/mol. The number of hydrogen-bond donors (Lipinski definition) is 2. The number of hydrazine groups is 1. The fourth-order valence-corrected chi connectivity index (χ4v) is 0.914. The summed E-state index contributed by atoms with van der Waals surface area (Å²) < 4.78 is 0. The Labute approximate surface area is 44.1 Å². The van der Waals surface area contributed by atoms with E-state index >= 15 is 0 Å².